The topological polar surface area (TPSA) is 66.8 Å². The van der Waals surface area contributed by atoms with Crippen LogP contribution >= 0.6 is 0 Å². The summed E-state index contributed by atoms with van der Waals surface area (Å²) in [6, 6.07) is 0. The molecule has 0 radical (unpaired) electrons. The highest BCUT2D eigenvalue weighted by atomic mass is 17.1. The molecule has 0 spiro atoms. The maximum absolute atomic E-state index is 11.3. The lowest BCUT2D eigenvalue weighted by Crippen LogP contribution is -2.45. The average Bonchev–Trinajstić information content (AvgIpc) is 2.38. The highest BCUT2D eigenvalue weighted by Crippen LogP contribution is 2.49. The summed E-state index contributed by atoms with van der Waals surface area (Å²) in [7, 11) is 0. The van der Waals surface area contributed by atoms with Crippen LogP contribution in [0.4, 0.5) is 0 Å². The second kappa shape index (κ2) is 5.25. The van der Waals surface area contributed by atoms with Gasteiger partial charge in [-0.25, -0.2) is 4.89 Å². The number of allylic oxidation sites excluding steroid dienone is 1. The Bertz CT molecular complexity index is 378. The van der Waals surface area contributed by atoms with Gasteiger partial charge in [-0.1, -0.05) is 26.0 Å². The standard InChI is InChI=1S/C15H24O4/c1-9-4-5-12(10(2)14(16)17)13-8-15(3,19-18)7-6-11(9)13/h6-7,9-13,18H,4-5,8H2,1-3H3,(H,16,17)/t9-,10?,11?,12?,13?,15?/m1/s1/i3+1. The molecule has 2 rings (SSSR count). The van der Waals surface area contributed by atoms with Gasteiger partial charge in [-0.05, 0) is 49.9 Å². The van der Waals surface area contributed by atoms with Gasteiger partial charge in [0.1, 0.15) is 5.60 Å². The van der Waals surface area contributed by atoms with E-state index in [0.29, 0.717) is 18.3 Å². The smallest absolute Gasteiger partial charge is 0.306 e. The van der Waals surface area contributed by atoms with E-state index < -0.39 is 11.6 Å². The van der Waals surface area contributed by atoms with Crippen molar-refractivity contribution in [1.82, 2.24) is 0 Å². The predicted molar refractivity (Wildman–Crippen MR) is 71.5 cm³/mol. The minimum atomic E-state index is -0.723. The minimum absolute atomic E-state index is 0.165. The van der Waals surface area contributed by atoms with Crippen molar-refractivity contribution in [2.75, 3.05) is 0 Å². The van der Waals surface area contributed by atoms with Crippen molar-refractivity contribution in [3.63, 3.8) is 0 Å². The number of hydrogen-bond acceptors (Lipinski definition) is 3. The zero-order valence-electron chi connectivity index (χ0n) is 11.9. The number of aliphatic carboxylic acids is 1. The van der Waals surface area contributed by atoms with E-state index in [-0.39, 0.29) is 17.8 Å². The van der Waals surface area contributed by atoms with Crippen molar-refractivity contribution in [3.05, 3.63) is 12.2 Å². The molecule has 19 heavy (non-hydrogen) atoms. The molecule has 0 bridgehead atoms. The van der Waals surface area contributed by atoms with Gasteiger partial charge in [0.2, 0.25) is 0 Å². The lowest BCUT2D eigenvalue weighted by atomic mass is 9.59. The molecular weight excluding hydrogens is 245 g/mol. The van der Waals surface area contributed by atoms with E-state index in [1.165, 1.54) is 0 Å². The van der Waals surface area contributed by atoms with E-state index in [1.807, 2.05) is 13.0 Å². The molecule has 4 heteroatoms. The van der Waals surface area contributed by atoms with E-state index in [4.69, 9.17) is 5.26 Å². The molecule has 0 aromatic carbocycles. The molecule has 0 saturated heterocycles. The summed E-state index contributed by atoms with van der Waals surface area (Å²) in [5.41, 5.74) is -0.672. The van der Waals surface area contributed by atoms with E-state index in [2.05, 4.69) is 17.9 Å². The van der Waals surface area contributed by atoms with E-state index in [1.54, 1.807) is 6.92 Å². The van der Waals surface area contributed by atoms with Crippen molar-refractivity contribution in [3.8, 4) is 0 Å². The maximum Gasteiger partial charge on any atom is 0.306 e. The van der Waals surface area contributed by atoms with E-state index in [0.717, 1.165) is 12.8 Å². The van der Waals surface area contributed by atoms with Gasteiger partial charge in [-0.15, -0.1) is 0 Å². The normalized spacial score (nSPS) is 43.6. The van der Waals surface area contributed by atoms with Gasteiger partial charge < -0.3 is 5.11 Å². The number of carboxylic acid groups (broad SMARTS) is 1. The molecule has 2 aliphatic rings. The summed E-state index contributed by atoms with van der Waals surface area (Å²) >= 11 is 0. The number of fused-ring (bicyclic) bond motifs is 1. The first-order chi connectivity index (χ1) is 8.88. The maximum atomic E-state index is 11.3. The summed E-state index contributed by atoms with van der Waals surface area (Å²) in [6.07, 6.45) is 6.77. The Hall–Kier alpha value is -0.870. The molecule has 4 nitrogen and oxygen atoms in total. The van der Waals surface area contributed by atoms with Gasteiger partial charge >= 0.3 is 5.97 Å². The number of rotatable bonds is 3. The van der Waals surface area contributed by atoms with Gasteiger partial charge in [0.15, 0.2) is 0 Å². The molecule has 1 saturated carbocycles. The van der Waals surface area contributed by atoms with Crippen LogP contribution in [0.15, 0.2) is 12.2 Å². The predicted octanol–water partition coefficient (Wildman–Crippen LogP) is 3.19. The van der Waals surface area contributed by atoms with Crippen molar-refractivity contribution in [1.29, 1.82) is 0 Å². The SMILES string of the molecule is CC(C(=O)O)C1CC[C@@H](C)C2C=CC([13CH3])(OO)CC12. The molecule has 2 N–H and O–H groups in total. The third-order valence-electron chi connectivity index (χ3n) is 5.21. The first-order valence-electron chi connectivity index (χ1n) is 7.12. The Morgan fingerprint density at radius 2 is 2.16 bits per heavy atom. The first-order valence-corrected chi connectivity index (χ1v) is 7.12. The van der Waals surface area contributed by atoms with Crippen LogP contribution in [0.3, 0.4) is 0 Å². The fraction of sp³-hybridized carbons (Fsp3) is 0.800. The molecule has 2 aliphatic carbocycles. The molecular formula is C15H24O4. The lowest BCUT2D eigenvalue weighted by molar-refractivity contribution is -0.310. The van der Waals surface area contributed by atoms with Gasteiger partial charge in [-0.3, -0.25) is 10.1 Å². The number of carboxylic acids is 1. The summed E-state index contributed by atoms with van der Waals surface area (Å²) in [5.74, 6) is 0.356. The zero-order chi connectivity index (χ0) is 14.2. The third kappa shape index (κ3) is 2.70. The molecule has 0 aromatic rings. The molecule has 0 heterocycles. The molecule has 0 aromatic heterocycles. The average molecular weight is 269 g/mol. The van der Waals surface area contributed by atoms with Crippen molar-refractivity contribution >= 4 is 5.97 Å². The van der Waals surface area contributed by atoms with Crippen LogP contribution in [0.5, 0.6) is 0 Å². The monoisotopic (exact) mass is 269 g/mol. The summed E-state index contributed by atoms with van der Waals surface area (Å²) in [5, 5.41) is 18.4. The molecule has 6 atom stereocenters. The summed E-state index contributed by atoms with van der Waals surface area (Å²) in [4.78, 5) is 15.9. The van der Waals surface area contributed by atoms with Crippen LogP contribution in [0.1, 0.15) is 40.0 Å². The van der Waals surface area contributed by atoms with Crippen molar-refractivity contribution < 1.29 is 20.0 Å². The lowest BCUT2D eigenvalue weighted by Gasteiger charge is -2.47. The summed E-state index contributed by atoms with van der Waals surface area (Å²) < 4.78 is 0. The first kappa shape index (κ1) is 14.5. The number of hydrogen-bond donors (Lipinski definition) is 2. The second-order valence-electron chi connectivity index (χ2n) is 6.55. The van der Waals surface area contributed by atoms with Crippen LogP contribution in [0.2, 0.25) is 0 Å². The third-order valence-corrected chi connectivity index (χ3v) is 5.21. The fourth-order valence-electron chi connectivity index (χ4n) is 3.91. The second-order valence-corrected chi connectivity index (χ2v) is 6.55. The van der Waals surface area contributed by atoms with Crippen LogP contribution in [0, 0.1) is 29.6 Å². The Kier molecular flexibility index (Phi) is 4.02. The quantitative estimate of drug-likeness (QED) is 0.357. The Morgan fingerprint density at radius 1 is 1.47 bits per heavy atom. The van der Waals surface area contributed by atoms with Crippen LogP contribution in [-0.2, 0) is 9.68 Å². The van der Waals surface area contributed by atoms with Crippen LogP contribution < -0.4 is 0 Å². The highest BCUT2D eigenvalue weighted by molar-refractivity contribution is 5.70. The van der Waals surface area contributed by atoms with Crippen LogP contribution in [0.25, 0.3) is 0 Å². The zero-order valence-corrected chi connectivity index (χ0v) is 11.9. The van der Waals surface area contributed by atoms with E-state index in [9.17, 15) is 9.90 Å². The minimum Gasteiger partial charge on any atom is -0.481 e. The van der Waals surface area contributed by atoms with Gasteiger partial charge in [0, 0.05) is 0 Å². The largest absolute Gasteiger partial charge is 0.481 e. The van der Waals surface area contributed by atoms with E-state index >= 15 is 0 Å². The fourth-order valence-corrected chi connectivity index (χ4v) is 3.91. The number of carbonyl (C=O) groups is 1. The Balaban J connectivity index is 2.26. The van der Waals surface area contributed by atoms with Crippen LogP contribution in [-0.4, -0.2) is 21.9 Å². The van der Waals surface area contributed by atoms with Crippen molar-refractivity contribution in [2.45, 2.75) is 45.6 Å². The highest BCUT2D eigenvalue weighted by Gasteiger charge is 2.46. The molecule has 0 aliphatic heterocycles. The molecule has 5 unspecified atom stereocenters. The summed E-state index contributed by atoms with van der Waals surface area (Å²) in [6.45, 7) is 5.88. The van der Waals surface area contributed by atoms with Gasteiger partial charge in [0.05, 0.1) is 5.92 Å². The molecule has 108 valence electrons. The Labute approximate surface area is 114 Å². The van der Waals surface area contributed by atoms with Gasteiger partial charge in [0.25, 0.3) is 0 Å². The van der Waals surface area contributed by atoms with Gasteiger partial charge in [-0.2, -0.15) is 0 Å². The molecule has 0 amide bonds. The molecule has 1 fully saturated rings. The Morgan fingerprint density at radius 3 is 2.74 bits per heavy atom. The van der Waals surface area contributed by atoms with Crippen molar-refractivity contribution in [2.24, 2.45) is 29.6 Å².